The Morgan fingerprint density at radius 2 is 1.83 bits per heavy atom. The van der Waals surface area contributed by atoms with E-state index < -0.39 is 9.84 Å². The fourth-order valence-corrected chi connectivity index (χ4v) is 2.08. The van der Waals surface area contributed by atoms with Crippen LogP contribution in [0.5, 0.6) is 11.5 Å². The Morgan fingerprint density at radius 1 is 1.17 bits per heavy atom. The van der Waals surface area contributed by atoms with Crippen LogP contribution in [0.1, 0.15) is 0 Å². The molecule has 1 aromatic carbocycles. The lowest BCUT2D eigenvalue weighted by Gasteiger charge is -2.05. The van der Waals surface area contributed by atoms with Crippen LogP contribution in [0.15, 0.2) is 46.3 Å². The second kappa shape index (κ2) is 5.03. The molecule has 0 aliphatic heterocycles. The second-order valence-corrected chi connectivity index (χ2v) is 6.36. The molecule has 18 heavy (non-hydrogen) atoms. The van der Waals surface area contributed by atoms with Crippen LogP contribution in [0, 0.1) is 0 Å². The lowest BCUT2D eigenvalue weighted by molar-refractivity contribution is 0.474. The van der Waals surface area contributed by atoms with E-state index in [1.165, 1.54) is 12.4 Å². The van der Waals surface area contributed by atoms with Crippen molar-refractivity contribution in [3.8, 4) is 11.5 Å². The molecule has 2 rings (SSSR count). The zero-order chi connectivity index (χ0) is 13.2. The summed E-state index contributed by atoms with van der Waals surface area (Å²) in [7, 11) is -3.38. The maximum atomic E-state index is 11.2. The SMILES string of the molecule is CS(=O)(=O)c1ncc(Oc2cccc(Br)c2)cn1. The van der Waals surface area contributed by atoms with Crippen molar-refractivity contribution in [2.75, 3.05) is 6.26 Å². The van der Waals surface area contributed by atoms with E-state index in [1.54, 1.807) is 12.1 Å². The van der Waals surface area contributed by atoms with Gasteiger partial charge in [-0.15, -0.1) is 0 Å². The summed E-state index contributed by atoms with van der Waals surface area (Å²) in [6.45, 7) is 0. The maximum absolute atomic E-state index is 11.2. The summed E-state index contributed by atoms with van der Waals surface area (Å²) < 4.78 is 28.7. The number of aromatic nitrogens is 2. The Kier molecular flexibility index (Phi) is 3.63. The molecule has 0 fully saturated rings. The van der Waals surface area contributed by atoms with Crippen molar-refractivity contribution in [3.05, 3.63) is 41.1 Å². The highest BCUT2D eigenvalue weighted by Crippen LogP contribution is 2.23. The number of hydrogen-bond donors (Lipinski definition) is 0. The van der Waals surface area contributed by atoms with E-state index in [1.807, 2.05) is 12.1 Å². The number of halogens is 1. The third kappa shape index (κ3) is 3.27. The first-order valence-electron chi connectivity index (χ1n) is 4.91. The van der Waals surface area contributed by atoms with Crippen LogP contribution in [0.3, 0.4) is 0 Å². The highest BCUT2D eigenvalue weighted by molar-refractivity contribution is 9.10. The quantitative estimate of drug-likeness (QED) is 0.809. The Balaban J connectivity index is 2.21. The molecule has 0 atom stereocenters. The lowest BCUT2D eigenvalue weighted by Crippen LogP contribution is -2.03. The Hall–Kier alpha value is -1.47. The van der Waals surface area contributed by atoms with Gasteiger partial charge in [-0.3, -0.25) is 0 Å². The van der Waals surface area contributed by atoms with Crippen molar-refractivity contribution in [3.63, 3.8) is 0 Å². The Labute approximate surface area is 113 Å². The van der Waals surface area contributed by atoms with Crippen molar-refractivity contribution in [2.45, 2.75) is 5.16 Å². The molecule has 0 amide bonds. The zero-order valence-corrected chi connectivity index (χ0v) is 11.8. The average Bonchev–Trinajstić information content (AvgIpc) is 2.28. The molecule has 1 aromatic heterocycles. The van der Waals surface area contributed by atoms with Gasteiger partial charge in [-0.2, -0.15) is 0 Å². The largest absolute Gasteiger partial charge is 0.454 e. The van der Waals surface area contributed by atoms with Crippen LogP contribution >= 0.6 is 15.9 Å². The molecule has 7 heteroatoms. The third-order valence-corrected chi connectivity index (χ3v) is 3.34. The van der Waals surface area contributed by atoms with Gasteiger partial charge in [0.05, 0.1) is 12.4 Å². The van der Waals surface area contributed by atoms with Crippen LogP contribution in [0.25, 0.3) is 0 Å². The second-order valence-electron chi connectivity index (χ2n) is 3.53. The van der Waals surface area contributed by atoms with E-state index in [0.29, 0.717) is 11.5 Å². The summed E-state index contributed by atoms with van der Waals surface area (Å²) in [5.41, 5.74) is 0. The van der Waals surface area contributed by atoms with E-state index in [-0.39, 0.29) is 5.16 Å². The van der Waals surface area contributed by atoms with Gasteiger partial charge in [0.15, 0.2) is 5.75 Å². The molecule has 0 aliphatic carbocycles. The number of benzene rings is 1. The summed E-state index contributed by atoms with van der Waals surface area (Å²) in [4.78, 5) is 7.47. The molecule has 94 valence electrons. The van der Waals surface area contributed by atoms with Crippen LogP contribution < -0.4 is 4.74 Å². The van der Waals surface area contributed by atoms with Crippen molar-refractivity contribution in [2.24, 2.45) is 0 Å². The topological polar surface area (TPSA) is 69.2 Å². The molecule has 0 radical (unpaired) electrons. The fourth-order valence-electron chi connectivity index (χ4n) is 1.22. The lowest BCUT2D eigenvalue weighted by atomic mass is 10.3. The molecule has 0 saturated carbocycles. The fraction of sp³-hybridized carbons (Fsp3) is 0.0909. The van der Waals surface area contributed by atoms with Gasteiger partial charge in [0, 0.05) is 10.7 Å². The smallest absolute Gasteiger partial charge is 0.246 e. The first kappa shape index (κ1) is 13.0. The predicted molar refractivity (Wildman–Crippen MR) is 69.4 cm³/mol. The molecular formula is C11H9BrN2O3S. The highest BCUT2D eigenvalue weighted by atomic mass is 79.9. The summed E-state index contributed by atoms with van der Waals surface area (Å²) in [6, 6.07) is 7.25. The van der Waals surface area contributed by atoms with Crippen molar-refractivity contribution >= 4 is 25.8 Å². The van der Waals surface area contributed by atoms with Gasteiger partial charge in [0.2, 0.25) is 15.0 Å². The molecule has 0 bridgehead atoms. The van der Waals surface area contributed by atoms with Crippen molar-refractivity contribution in [1.29, 1.82) is 0 Å². The first-order valence-corrected chi connectivity index (χ1v) is 7.59. The standard InChI is InChI=1S/C11H9BrN2O3S/c1-18(15,16)11-13-6-10(7-14-11)17-9-4-2-3-8(12)5-9/h2-7H,1H3. The summed E-state index contributed by atoms with van der Waals surface area (Å²) in [6.07, 6.45) is 3.70. The molecule has 0 saturated heterocycles. The summed E-state index contributed by atoms with van der Waals surface area (Å²) in [5, 5.41) is -0.218. The van der Waals surface area contributed by atoms with E-state index in [0.717, 1.165) is 10.7 Å². The van der Waals surface area contributed by atoms with E-state index in [2.05, 4.69) is 25.9 Å². The predicted octanol–water partition coefficient (Wildman–Crippen LogP) is 2.43. The maximum Gasteiger partial charge on any atom is 0.246 e. The van der Waals surface area contributed by atoms with Gasteiger partial charge in [-0.25, -0.2) is 18.4 Å². The van der Waals surface area contributed by atoms with Gasteiger partial charge < -0.3 is 4.74 Å². The average molecular weight is 329 g/mol. The van der Waals surface area contributed by atoms with Gasteiger partial charge in [0.25, 0.3) is 0 Å². The molecule has 0 N–H and O–H groups in total. The third-order valence-electron chi connectivity index (χ3n) is 1.97. The summed E-state index contributed by atoms with van der Waals surface area (Å²) >= 11 is 3.32. The van der Waals surface area contributed by atoms with Crippen LogP contribution in [-0.2, 0) is 9.84 Å². The minimum atomic E-state index is -3.38. The number of hydrogen-bond acceptors (Lipinski definition) is 5. The molecule has 0 spiro atoms. The van der Waals surface area contributed by atoms with E-state index in [4.69, 9.17) is 4.74 Å². The molecular weight excluding hydrogens is 320 g/mol. The van der Waals surface area contributed by atoms with E-state index >= 15 is 0 Å². The molecule has 5 nitrogen and oxygen atoms in total. The highest BCUT2D eigenvalue weighted by Gasteiger charge is 2.10. The molecule has 0 aliphatic rings. The van der Waals surface area contributed by atoms with Gasteiger partial charge >= 0.3 is 0 Å². The summed E-state index contributed by atoms with van der Waals surface area (Å²) in [5.74, 6) is 0.987. The Morgan fingerprint density at radius 3 is 2.39 bits per heavy atom. The molecule has 1 heterocycles. The van der Waals surface area contributed by atoms with Crippen LogP contribution in [0.2, 0.25) is 0 Å². The number of ether oxygens (including phenoxy) is 1. The van der Waals surface area contributed by atoms with Gasteiger partial charge in [-0.05, 0) is 18.2 Å². The number of nitrogens with zero attached hydrogens (tertiary/aromatic N) is 2. The van der Waals surface area contributed by atoms with E-state index in [9.17, 15) is 8.42 Å². The van der Waals surface area contributed by atoms with Crippen LogP contribution in [-0.4, -0.2) is 24.6 Å². The minimum Gasteiger partial charge on any atom is -0.454 e. The molecule has 0 unspecified atom stereocenters. The first-order chi connectivity index (χ1) is 8.45. The van der Waals surface area contributed by atoms with Crippen molar-refractivity contribution < 1.29 is 13.2 Å². The van der Waals surface area contributed by atoms with Gasteiger partial charge in [-0.1, -0.05) is 22.0 Å². The molecule has 2 aromatic rings. The Bertz CT molecular complexity index is 656. The van der Waals surface area contributed by atoms with Crippen LogP contribution in [0.4, 0.5) is 0 Å². The normalized spacial score (nSPS) is 11.2. The minimum absolute atomic E-state index is 0.218. The zero-order valence-electron chi connectivity index (χ0n) is 9.37. The number of rotatable bonds is 3. The monoisotopic (exact) mass is 328 g/mol. The van der Waals surface area contributed by atoms with Crippen molar-refractivity contribution in [1.82, 2.24) is 9.97 Å². The number of sulfone groups is 1. The van der Waals surface area contributed by atoms with Gasteiger partial charge in [0.1, 0.15) is 5.75 Å².